The second-order valence-electron chi connectivity index (χ2n) is 5.20. The first-order valence-corrected chi connectivity index (χ1v) is 7.91. The van der Waals surface area contributed by atoms with E-state index in [1.54, 1.807) is 12.3 Å². The Hall–Kier alpha value is -2.93. The molecule has 0 aliphatic carbocycles. The maximum Gasteiger partial charge on any atom is 0.348 e. The Kier molecular flexibility index (Phi) is 3.42. The normalized spacial score (nSPS) is 11.0. The quantitative estimate of drug-likeness (QED) is 0.551. The molecule has 4 rings (SSSR count). The number of H-pyrrole nitrogens is 1. The molecule has 3 N–H and O–H groups in total. The van der Waals surface area contributed by atoms with Gasteiger partial charge in [0, 0.05) is 15.6 Å². The molecule has 118 valence electrons. The fourth-order valence-corrected chi connectivity index (χ4v) is 3.00. The molecule has 0 spiro atoms. The van der Waals surface area contributed by atoms with E-state index in [0.717, 1.165) is 15.6 Å². The Morgan fingerprint density at radius 3 is 2.75 bits per heavy atom. The number of furan rings is 1. The lowest BCUT2D eigenvalue weighted by Gasteiger charge is -2.09. The van der Waals surface area contributed by atoms with Gasteiger partial charge in [-0.15, -0.1) is 0 Å². The van der Waals surface area contributed by atoms with Gasteiger partial charge >= 0.3 is 5.69 Å². The van der Waals surface area contributed by atoms with Crippen LogP contribution in [0, 0.1) is 0 Å². The summed E-state index contributed by atoms with van der Waals surface area (Å²) < 4.78 is 6.45. The molecule has 0 saturated heterocycles. The number of nitrogens with two attached hydrogens (primary N) is 1. The Labute approximate surface area is 144 Å². The van der Waals surface area contributed by atoms with Crippen LogP contribution in [0.3, 0.4) is 0 Å². The van der Waals surface area contributed by atoms with Crippen LogP contribution in [0.4, 0.5) is 5.82 Å². The minimum absolute atomic E-state index is 0.213. The fourth-order valence-electron chi connectivity index (χ4n) is 2.60. The van der Waals surface area contributed by atoms with Crippen molar-refractivity contribution < 1.29 is 4.42 Å². The van der Waals surface area contributed by atoms with Crippen LogP contribution >= 0.6 is 15.9 Å². The van der Waals surface area contributed by atoms with E-state index >= 15 is 0 Å². The number of pyridine rings is 1. The number of aromatic amines is 1. The van der Waals surface area contributed by atoms with Gasteiger partial charge in [0.15, 0.2) is 5.65 Å². The van der Waals surface area contributed by atoms with Crippen molar-refractivity contribution in [3.63, 3.8) is 0 Å². The van der Waals surface area contributed by atoms with E-state index in [9.17, 15) is 4.79 Å². The van der Waals surface area contributed by atoms with Crippen molar-refractivity contribution >= 4 is 32.8 Å². The van der Waals surface area contributed by atoms with Crippen LogP contribution in [0.25, 0.3) is 33.6 Å². The summed E-state index contributed by atoms with van der Waals surface area (Å²) in [6, 6.07) is 13.2. The second-order valence-corrected chi connectivity index (χ2v) is 6.11. The third kappa shape index (κ3) is 2.48. The van der Waals surface area contributed by atoms with Gasteiger partial charge in [0.2, 0.25) is 0 Å². The van der Waals surface area contributed by atoms with Gasteiger partial charge in [0.1, 0.15) is 11.6 Å². The van der Waals surface area contributed by atoms with Gasteiger partial charge in [0.05, 0.1) is 17.3 Å². The minimum atomic E-state index is -0.538. The largest absolute Gasteiger partial charge is 0.464 e. The monoisotopic (exact) mass is 382 g/mol. The molecule has 0 amide bonds. The number of anilines is 1. The summed E-state index contributed by atoms with van der Waals surface area (Å²) in [5, 5.41) is 0.559. The van der Waals surface area contributed by atoms with Gasteiger partial charge < -0.3 is 10.2 Å². The number of aromatic nitrogens is 3. The lowest BCUT2D eigenvalue weighted by atomic mass is 10.0. The lowest BCUT2D eigenvalue weighted by Crippen LogP contribution is -2.14. The molecule has 0 unspecified atom stereocenters. The van der Waals surface area contributed by atoms with Crippen LogP contribution in [0.1, 0.15) is 0 Å². The predicted molar refractivity (Wildman–Crippen MR) is 95.4 cm³/mol. The molecule has 0 radical (unpaired) electrons. The van der Waals surface area contributed by atoms with Crippen molar-refractivity contribution in [3.8, 4) is 22.6 Å². The lowest BCUT2D eigenvalue weighted by molar-refractivity contribution is 0.583. The molecular weight excluding hydrogens is 372 g/mol. The number of nitrogen functional groups attached to an aromatic ring is 1. The molecular formula is C17H11BrN4O2. The highest BCUT2D eigenvalue weighted by Crippen LogP contribution is 2.33. The van der Waals surface area contributed by atoms with Crippen molar-refractivity contribution in [1.82, 2.24) is 15.0 Å². The molecule has 4 aromatic rings. The van der Waals surface area contributed by atoms with Gasteiger partial charge in [0.25, 0.3) is 0 Å². The highest BCUT2D eigenvalue weighted by atomic mass is 79.9. The molecule has 0 saturated carbocycles. The highest BCUT2D eigenvalue weighted by Gasteiger charge is 2.15. The molecule has 6 nitrogen and oxygen atoms in total. The molecule has 0 fully saturated rings. The van der Waals surface area contributed by atoms with Crippen molar-refractivity contribution in [2.75, 3.05) is 5.73 Å². The van der Waals surface area contributed by atoms with Crippen LogP contribution in [0.5, 0.6) is 0 Å². The molecule has 0 aliphatic heterocycles. The fraction of sp³-hybridized carbons (Fsp3) is 0. The van der Waals surface area contributed by atoms with Crippen molar-refractivity contribution in [2.45, 2.75) is 0 Å². The Bertz CT molecular complexity index is 1100. The summed E-state index contributed by atoms with van der Waals surface area (Å²) >= 11 is 3.45. The van der Waals surface area contributed by atoms with Crippen molar-refractivity contribution in [1.29, 1.82) is 0 Å². The van der Waals surface area contributed by atoms with Crippen LogP contribution in [0.2, 0.25) is 0 Å². The zero-order valence-corrected chi connectivity index (χ0v) is 13.9. The Morgan fingerprint density at radius 2 is 2.00 bits per heavy atom. The van der Waals surface area contributed by atoms with Gasteiger partial charge in [-0.2, -0.15) is 4.98 Å². The maximum atomic E-state index is 11.7. The third-order valence-electron chi connectivity index (χ3n) is 3.63. The van der Waals surface area contributed by atoms with E-state index < -0.39 is 5.69 Å². The predicted octanol–water partition coefficient (Wildman–Crippen LogP) is 3.59. The zero-order chi connectivity index (χ0) is 16.7. The Balaban J connectivity index is 2.09. The zero-order valence-electron chi connectivity index (χ0n) is 12.3. The van der Waals surface area contributed by atoms with Gasteiger partial charge in [-0.05, 0) is 30.3 Å². The van der Waals surface area contributed by atoms with E-state index in [-0.39, 0.29) is 11.5 Å². The molecule has 7 heteroatoms. The first-order chi connectivity index (χ1) is 11.6. The van der Waals surface area contributed by atoms with Crippen LogP contribution in [-0.4, -0.2) is 15.0 Å². The smallest absolute Gasteiger partial charge is 0.348 e. The molecule has 1 aromatic carbocycles. The summed E-state index contributed by atoms with van der Waals surface area (Å²) in [6.45, 7) is 0. The number of hydrogen-bond acceptors (Lipinski definition) is 5. The summed E-state index contributed by atoms with van der Waals surface area (Å²) in [7, 11) is 0. The van der Waals surface area contributed by atoms with Crippen LogP contribution in [0.15, 0.2) is 62.4 Å². The summed E-state index contributed by atoms with van der Waals surface area (Å²) in [6.07, 6.45) is 1.58. The molecule has 0 bridgehead atoms. The maximum absolute atomic E-state index is 11.7. The SMILES string of the molecule is Nc1[nH]c(=O)nc2nc(-c3cccc(Br)c3)cc(-c3ccco3)c12. The first-order valence-electron chi connectivity index (χ1n) is 7.12. The molecule has 0 aliphatic rings. The number of nitrogens with one attached hydrogen (secondary N) is 1. The molecule has 3 aromatic heterocycles. The second kappa shape index (κ2) is 5.61. The number of fused-ring (bicyclic) bond motifs is 1. The Morgan fingerprint density at radius 1 is 1.12 bits per heavy atom. The number of halogens is 1. The molecule has 24 heavy (non-hydrogen) atoms. The average molecular weight is 383 g/mol. The number of benzene rings is 1. The van der Waals surface area contributed by atoms with E-state index in [4.69, 9.17) is 10.2 Å². The average Bonchev–Trinajstić information content (AvgIpc) is 3.07. The van der Waals surface area contributed by atoms with Gasteiger partial charge in [-0.3, -0.25) is 4.98 Å². The van der Waals surface area contributed by atoms with Crippen molar-refractivity contribution in [2.24, 2.45) is 0 Å². The standard InChI is InChI=1S/C17H11BrN4O2/c18-10-4-1-3-9(7-10)12-8-11(13-5-2-6-24-13)14-15(19)21-17(23)22-16(14)20-12/h1-8H,(H3,19,20,21,22,23). The number of nitrogens with zero attached hydrogens (tertiary/aromatic N) is 2. The summed E-state index contributed by atoms with van der Waals surface area (Å²) in [5.74, 6) is 0.837. The van der Waals surface area contributed by atoms with E-state index in [0.29, 0.717) is 16.8 Å². The van der Waals surface area contributed by atoms with Gasteiger partial charge in [-0.1, -0.05) is 28.1 Å². The minimum Gasteiger partial charge on any atom is -0.464 e. The highest BCUT2D eigenvalue weighted by molar-refractivity contribution is 9.10. The third-order valence-corrected chi connectivity index (χ3v) is 4.12. The molecule has 0 atom stereocenters. The van der Waals surface area contributed by atoms with Gasteiger partial charge in [-0.25, -0.2) is 9.78 Å². The topological polar surface area (TPSA) is 97.8 Å². The van der Waals surface area contributed by atoms with E-state index in [2.05, 4.69) is 30.9 Å². The van der Waals surface area contributed by atoms with E-state index in [1.165, 1.54) is 0 Å². The number of hydrogen-bond donors (Lipinski definition) is 2. The number of rotatable bonds is 2. The summed E-state index contributed by atoms with van der Waals surface area (Å²) in [5.41, 5.74) is 8.02. The van der Waals surface area contributed by atoms with Crippen LogP contribution in [-0.2, 0) is 0 Å². The summed E-state index contributed by atoms with van der Waals surface area (Å²) in [4.78, 5) is 22.7. The molecule has 3 heterocycles. The van der Waals surface area contributed by atoms with Crippen LogP contribution < -0.4 is 11.4 Å². The van der Waals surface area contributed by atoms with E-state index in [1.807, 2.05) is 36.4 Å². The van der Waals surface area contributed by atoms with Crippen molar-refractivity contribution in [3.05, 3.63) is 63.7 Å². The first kappa shape index (κ1) is 14.6.